The maximum absolute atomic E-state index is 12.5. The Labute approximate surface area is 120 Å². The van der Waals surface area contributed by atoms with Gasteiger partial charge in [-0.05, 0) is 30.4 Å². The van der Waals surface area contributed by atoms with Crippen molar-refractivity contribution in [3.63, 3.8) is 0 Å². The summed E-state index contributed by atoms with van der Waals surface area (Å²) in [7, 11) is 0. The molecule has 1 aliphatic heterocycles. The molecular formula is C13H18BrNO2S. The lowest BCUT2D eigenvalue weighted by Crippen LogP contribution is -2.49. The molecule has 0 N–H and O–H groups in total. The zero-order valence-corrected chi connectivity index (χ0v) is 13.1. The van der Waals surface area contributed by atoms with Gasteiger partial charge in [0.15, 0.2) is 0 Å². The van der Waals surface area contributed by atoms with Crippen LogP contribution < -0.4 is 0 Å². The minimum absolute atomic E-state index is 0.0998. The summed E-state index contributed by atoms with van der Waals surface area (Å²) in [5.41, 5.74) is 1.15. The molecule has 1 fully saturated rings. The van der Waals surface area contributed by atoms with E-state index in [4.69, 9.17) is 4.74 Å². The third-order valence-corrected chi connectivity index (χ3v) is 4.77. The van der Waals surface area contributed by atoms with Crippen molar-refractivity contribution >= 4 is 33.2 Å². The van der Waals surface area contributed by atoms with Crippen LogP contribution in [0.3, 0.4) is 0 Å². The summed E-state index contributed by atoms with van der Waals surface area (Å²) in [5.74, 6) is 0.156. The Bertz CT molecular complexity index is 421. The predicted molar refractivity (Wildman–Crippen MR) is 77.7 cm³/mol. The number of rotatable bonds is 3. The number of amides is 1. The zero-order chi connectivity index (χ0) is 13.1. The van der Waals surface area contributed by atoms with Gasteiger partial charge in [0, 0.05) is 18.4 Å². The maximum atomic E-state index is 12.5. The van der Waals surface area contributed by atoms with Crippen molar-refractivity contribution in [1.29, 1.82) is 0 Å². The van der Waals surface area contributed by atoms with Gasteiger partial charge in [0.25, 0.3) is 5.91 Å². The minimum Gasteiger partial charge on any atom is -0.371 e. The molecule has 2 rings (SSSR count). The van der Waals surface area contributed by atoms with Crippen LogP contribution in [-0.2, 0) is 11.2 Å². The summed E-state index contributed by atoms with van der Waals surface area (Å²) in [5, 5.41) is 2.77. The number of carbonyl (C=O) groups excluding carboxylic acids is 1. The van der Waals surface area contributed by atoms with Crippen molar-refractivity contribution < 1.29 is 9.53 Å². The highest BCUT2D eigenvalue weighted by atomic mass is 79.9. The molecule has 3 nitrogen and oxygen atoms in total. The Morgan fingerprint density at radius 1 is 1.61 bits per heavy atom. The summed E-state index contributed by atoms with van der Waals surface area (Å²) in [6.45, 7) is 5.46. The molecule has 0 saturated carbocycles. The molecule has 0 bridgehead atoms. The molecule has 100 valence electrons. The number of ether oxygens (including phenoxy) is 1. The Kier molecular flexibility index (Phi) is 4.81. The minimum atomic E-state index is 0.0998. The molecular weight excluding hydrogens is 314 g/mol. The van der Waals surface area contributed by atoms with Gasteiger partial charge in [-0.15, -0.1) is 11.3 Å². The summed E-state index contributed by atoms with van der Waals surface area (Å²) in [4.78, 5) is 15.3. The molecule has 2 heterocycles. The Morgan fingerprint density at radius 2 is 2.39 bits per heavy atom. The van der Waals surface area contributed by atoms with E-state index in [-0.39, 0.29) is 18.1 Å². The molecule has 2 unspecified atom stereocenters. The van der Waals surface area contributed by atoms with Crippen LogP contribution in [0.5, 0.6) is 0 Å². The van der Waals surface area contributed by atoms with Crippen LogP contribution >= 0.6 is 27.3 Å². The smallest absolute Gasteiger partial charge is 0.264 e. The van der Waals surface area contributed by atoms with Gasteiger partial charge in [0.2, 0.25) is 0 Å². The third kappa shape index (κ3) is 2.95. The van der Waals surface area contributed by atoms with E-state index < -0.39 is 0 Å². The lowest BCUT2D eigenvalue weighted by atomic mass is 10.1. The van der Waals surface area contributed by atoms with E-state index in [0.29, 0.717) is 13.1 Å². The van der Waals surface area contributed by atoms with Crippen LogP contribution in [0.15, 0.2) is 11.4 Å². The van der Waals surface area contributed by atoms with Crippen molar-refractivity contribution in [2.75, 3.05) is 18.4 Å². The Morgan fingerprint density at radius 3 is 3.06 bits per heavy atom. The maximum Gasteiger partial charge on any atom is 0.264 e. The molecule has 0 aromatic carbocycles. The van der Waals surface area contributed by atoms with Crippen LogP contribution in [0.2, 0.25) is 0 Å². The first kappa shape index (κ1) is 14.0. The monoisotopic (exact) mass is 331 g/mol. The highest BCUT2D eigenvalue weighted by Crippen LogP contribution is 2.22. The normalized spacial score (nSPS) is 24.3. The van der Waals surface area contributed by atoms with Gasteiger partial charge in [-0.25, -0.2) is 0 Å². The number of alkyl halides is 1. The number of halogens is 1. The second kappa shape index (κ2) is 6.17. The molecule has 1 aromatic heterocycles. The molecule has 18 heavy (non-hydrogen) atoms. The van der Waals surface area contributed by atoms with Crippen molar-refractivity contribution in [3.8, 4) is 0 Å². The standard InChI is InChI=1S/C13H18BrNO2S/c1-3-10-4-5-18-12(10)13(16)15-7-9(2)17-11(6-14)8-15/h4-5,9,11H,3,6-8H2,1-2H3. The van der Waals surface area contributed by atoms with Crippen LogP contribution in [0.1, 0.15) is 29.1 Å². The average Bonchev–Trinajstić information content (AvgIpc) is 2.85. The second-order valence-corrected chi connectivity index (χ2v) is 6.13. The average molecular weight is 332 g/mol. The van der Waals surface area contributed by atoms with Crippen LogP contribution in [0, 0.1) is 0 Å². The predicted octanol–water partition coefficient (Wildman–Crippen LogP) is 2.93. The van der Waals surface area contributed by atoms with E-state index in [2.05, 4.69) is 22.9 Å². The van der Waals surface area contributed by atoms with Crippen molar-refractivity contribution in [3.05, 3.63) is 21.9 Å². The van der Waals surface area contributed by atoms with Gasteiger partial charge < -0.3 is 9.64 Å². The molecule has 1 aromatic rings. The molecule has 0 spiro atoms. The largest absolute Gasteiger partial charge is 0.371 e. The first-order chi connectivity index (χ1) is 8.65. The number of carbonyl (C=O) groups is 1. The number of morpholine rings is 1. The molecule has 0 radical (unpaired) electrons. The number of hydrogen-bond donors (Lipinski definition) is 0. The van der Waals surface area contributed by atoms with Crippen molar-refractivity contribution in [2.45, 2.75) is 32.5 Å². The molecule has 0 aliphatic carbocycles. The zero-order valence-electron chi connectivity index (χ0n) is 10.7. The number of aryl methyl sites for hydroxylation is 1. The summed E-state index contributed by atoms with van der Waals surface area (Å²) in [6.07, 6.45) is 1.12. The highest BCUT2D eigenvalue weighted by Gasteiger charge is 2.29. The van der Waals surface area contributed by atoms with Gasteiger partial charge in [0.1, 0.15) is 0 Å². The van der Waals surface area contributed by atoms with E-state index >= 15 is 0 Å². The number of hydrogen-bond acceptors (Lipinski definition) is 3. The van der Waals surface area contributed by atoms with Gasteiger partial charge >= 0.3 is 0 Å². The SMILES string of the molecule is CCc1ccsc1C(=O)N1CC(C)OC(CBr)C1. The van der Waals surface area contributed by atoms with Crippen molar-refractivity contribution in [2.24, 2.45) is 0 Å². The fourth-order valence-corrected chi connectivity index (χ4v) is 3.56. The fraction of sp³-hybridized carbons (Fsp3) is 0.615. The molecule has 1 saturated heterocycles. The second-order valence-electron chi connectivity index (χ2n) is 4.56. The lowest BCUT2D eigenvalue weighted by molar-refractivity contribution is -0.0558. The Balaban J connectivity index is 2.13. The molecule has 1 amide bonds. The van der Waals surface area contributed by atoms with E-state index in [0.717, 1.165) is 22.2 Å². The van der Waals surface area contributed by atoms with E-state index in [1.165, 1.54) is 0 Å². The fourth-order valence-electron chi connectivity index (χ4n) is 2.24. The summed E-state index contributed by atoms with van der Waals surface area (Å²) in [6, 6.07) is 2.05. The van der Waals surface area contributed by atoms with Crippen molar-refractivity contribution in [1.82, 2.24) is 4.90 Å². The van der Waals surface area contributed by atoms with Gasteiger partial charge in [-0.3, -0.25) is 4.79 Å². The quantitative estimate of drug-likeness (QED) is 0.797. The molecule has 1 aliphatic rings. The topological polar surface area (TPSA) is 29.5 Å². The lowest BCUT2D eigenvalue weighted by Gasteiger charge is -2.36. The van der Waals surface area contributed by atoms with E-state index in [9.17, 15) is 4.79 Å². The van der Waals surface area contributed by atoms with E-state index in [1.807, 2.05) is 23.3 Å². The summed E-state index contributed by atoms with van der Waals surface area (Å²) >= 11 is 4.97. The highest BCUT2D eigenvalue weighted by molar-refractivity contribution is 9.09. The van der Waals surface area contributed by atoms with Crippen LogP contribution in [0.4, 0.5) is 0 Å². The number of thiophene rings is 1. The Hall–Kier alpha value is -0.390. The van der Waals surface area contributed by atoms with Gasteiger partial charge in [0.05, 0.1) is 17.1 Å². The van der Waals surface area contributed by atoms with Crippen LogP contribution in [-0.4, -0.2) is 41.4 Å². The first-order valence-corrected chi connectivity index (χ1v) is 8.22. The van der Waals surface area contributed by atoms with Crippen LogP contribution in [0.25, 0.3) is 0 Å². The van der Waals surface area contributed by atoms with Gasteiger partial charge in [-0.2, -0.15) is 0 Å². The third-order valence-electron chi connectivity index (χ3n) is 3.11. The van der Waals surface area contributed by atoms with Gasteiger partial charge in [-0.1, -0.05) is 22.9 Å². The first-order valence-electron chi connectivity index (χ1n) is 6.22. The van der Waals surface area contributed by atoms with E-state index in [1.54, 1.807) is 11.3 Å². The molecule has 2 atom stereocenters. The molecule has 5 heteroatoms. The number of nitrogens with zero attached hydrogens (tertiary/aromatic N) is 1. The summed E-state index contributed by atoms with van der Waals surface area (Å²) < 4.78 is 5.75.